The highest BCUT2D eigenvalue weighted by Gasteiger charge is 2.10. The predicted octanol–water partition coefficient (Wildman–Crippen LogP) is -3.41. The summed E-state index contributed by atoms with van der Waals surface area (Å²) in [6.07, 6.45) is 7.56. The second kappa shape index (κ2) is 6.51. The fraction of sp³-hybridized carbons (Fsp3) is 0.375. The normalized spacial score (nSPS) is 19.2. The third-order valence-corrected chi connectivity index (χ3v) is 1.64. The third kappa shape index (κ3) is 8.27. The lowest BCUT2D eigenvalue weighted by Crippen LogP contribution is -2.58. The Labute approximate surface area is 94.9 Å². The van der Waals surface area contributed by atoms with Gasteiger partial charge < -0.3 is 5.53 Å². The van der Waals surface area contributed by atoms with Gasteiger partial charge in [-0.3, -0.25) is 4.90 Å². The maximum atomic E-state index is 8.60. The Kier molecular flexibility index (Phi) is 6.09. The Morgan fingerprint density at radius 2 is 1.69 bits per heavy atom. The van der Waals surface area contributed by atoms with Gasteiger partial charge in [0.1, 0.15) is 0 Å². The van der Waals surface area contributed by atoms with E-state index in [9.17, 15) is 0 Å². The summed E-state index contributed by atoms with van der Waals surface area (Å²) in [4.78, 5) is 5.14. The smallest absolute Gasteiger partial charge is 0.314 e. The molecular weight excluding hydrogens is 238 g/mol. The summed E-state index contributed by atoms with van der Waals surface area (Å²) in [6.45, 7) is 0. The lowest BCUT2D eigenvalue weighted by molar-refractivity contribution is -1.92. The van der Waals surface area contributed by atoms with Crippen molar-refractivity contribution in [2.24, 2.45) is 0 Å². The predicted molar refractivity (Wildman–Crippen MR) is 46.6 cm³/mol. The summed E-state index contributed by atoms with van der Waals surface area (Å²) in [6, 6.07) is 0.320. The van der Waals surface area contributed by atoms with Crippen LogP contribution in [0, 0.1) is 10.2 Å². The van der Waals surface area contributed by atoms with E-state index in [0.717, 1.165) is 0 Å². The van der Waals surface area contributed by atoms with E-state index in [0.29, 0.717) is 11.8 Å². The summed E-state index contributed by atoms with van der Waals surface area (Å²) >= 11 is 0. The molecule has 0 fully saturated rings. The molecule has 0 aromatic carbocycles. The van der Waals surface area contributed by atoms with Crippen molar-refractivity contribution in [3.05, 3.63) is 29.8 Å². The molecule has 0 spiro atoms. The Balaban J connectivity index is 0.000000385. The summed E-state index contributed by atoms with van der Waals surface area (Å²) < 4.78 is 32.7. The first kappa shape index (κ1) is 14.9. The van der Waals surface area contributed by atoms with E-state index in [1.54, 1.807) is 12.2 Å². The highest BCUT2D eigenvalue weighted by atomic mass is 35.7. The van der Waals surface area contributed by atoms with Crippen LogP contribution in [0.25, 0.3) is 5.53 Å². The first-order valence-electron chi connectivity index (χ1n) is 4.12. The van der Waals surface area contributed by atoms with Gasteiger partial charge in [0.25, 0.3) is 0 Å². The van der Waals surface area contributed by atoms with Crippen molar-refractivity contribution < 1.29 is 33.7 Å². The van der Waals surface area contributed by atoms with E-state index in [-0.39, 0.29) is 0 Å². The van der Waals surface area contributed by atoms with Crippen molar-refractivity contribution in [1.82, 2.24) is 4.90 Å². The number of nitrogens with zero attached hydrogens (tertiary/aromatic N) is 3. The van der Waals surface area contributed by atoms with E-state index in [4.69, 9.17) is 24.2 Å². The van der Waals surface area contributed by atoms with Crippen LogP contribution in [0.2, 0.25) is 0 Å². The maximum Gasteiger partial charge on any atom is 0.314 e. The topological polar surface area (TPSA) is 129 Å². The van der Waals surface area contributed by atoms with Gasteiger partial charge in [0, 0.05) is 18.2 Å². The van der Waals surface area contributed by atoms with E-state index in [2.05, 4.69) is 9.69 Å². The molecule has 0 radical (unpaired) electrons. The first-order valence-corrected chi connectivity index (χ1v) is 5.38. The largest absolute Gasteiger partial charge is 0.361 e. The number of rotatable bonds is 1. The molecule has 1 N–H and O–H groups in total. The van der Waals surface area contributed by atoms with Crippen LogP contribution in [0.15, 0.2) is 24.3 Å². The minimum Gasteiger partial charge on any atom is -0.361 e. The summed E-state index contributed by atoms with van der Waals surface area (Å²) in [5, 5.41) is 0. The highest BCUT2D eigenvalue weighted by Crippen LogP contribution is 2.03. The molecule has 0 aromatic rings. The Hall–Kier alpha value is -1.05. The average molecular weight is 250 g/mol. The monoisotopic (exact) mass is 249 g/mol. The molecule has 16 heavy (non-hydrogen) atoms. The van der Waals surface area contributed by atoms with Gasteiger partial charge in [-0.1, -0.05) is 12.2 Å². The zero-order chi connectivity index (χ0) is 12.8. The standard InChI is InChI=1S/C8H11N3.ClHO4/c1-11(2)8-5-3-7(10-9)4-6-8;2-1(3,4)5/h3-6,8H,1-2H3;(H,2,3,4,5). The van der Waals surface area contributed by atoms with Crippen LogP contribution in [0.4, 0.5) is 0 Å². The van der Waals surface area contributed by atoms with Crippen molar-refractivity contribution in [2.45, 2.75) is 6.04 Å². The highest BCUT2D eigenvalue weighted by molar-refractivity contribution is 6.00. The first-order chi connectivity index (χ1) is 7.24. The fourth-order valence-corrected chi connectivity index (χ4v) is 0.925. The molecule has 0 unspecified atom stereocenters. The fourth-order valence-electron chi connectivity index (χ4n) is 0.925. The van der Waals surface area contributed by atoms with Gasteiger partial charge in [0.05, 0.1) is 14.9 Å². The molecule has 90 valence electrons. The van der Waals surface area contributed by atoms with Crippen molar-refractivity contribution >= 4 is 5.71 Å². The zero-order valence-electron chi connectivity index (χ0n) is 8.78. The van der Waals surface area contributed by atoms with Crippen molar-refractivity contribution in [3.8, 4) is 0 Å². The number of allylic oxidation sites excluding steroid dienone is 2. The van der Waals surface area contributed by atoms with Crippen molar-refractivity contribution in [2.75, 3.05) is 14.1 Å². The van der Waals surface area contributed by atoms with Crippen LogP contribution in [0.5, 0.6) is 0 Å². The van der Waals surface area contributed by atoms with Gasteiger partial charge in [-0.2, -0.15) is 18.8 Å². The molecular formula is C8H12ClN3O4. The van der Waals surface area contributed by atoms with E-state index < -0.39 is 10.2 Å². The zero-order valence-corrected chi connectivity index (χ0v) is 9.53. The Bertz CT molecular complexity index is 307. The van der Waals surface area contributed by atoms with Crippen LogP contribution in [0.1, 0.15) is 0 Å². The lowest BCUT2D eigenvalue weighted by Gasteiger charge is -2.17. The lowest BCUT2D eigenvalue weighted by atomic mass is 10.1. The summed E-state index contributed by atoms with van der Waals surface area (Å²) in [5.74, 6) is 0. The number of halogens is 1. The molecule has 1 aliphatic carbocycles. The Morgan fingerprint density at radius 3 is 1.94 bits per heavy atom. The van der Waals surface area contributed by atoms with Crippen LogP contribution in [-0.2, 0) is 0 Å². The summed E-state index contributed by atoms with van der Waals surface area (Å²) in [7, 11) is -0.694. The molecule has 0 heterocycles. The summed E-state index contributed by atoms with van der Waals surface area (Å²) in [5.41, 5.74) is 8.99. The quantitative estimate of drug-likeness (QED) is 0.382. The van der Waals surface area contributed by atoms with Crippen LogP contribution in [-0.4, -0.2) is 40.2 Å². The number of hydrogen-bond acceptors (Lipinski definition) is 5. The minimum atomic E-state index is -4.69. The van der Waals surface area contributed by atoms with Crippen molar-refractivity contribution in [1.29, 1.82) is 0 Å². The Morgan fingerprint density at radius 1 is 1.31 bits per heavy atom. The molecule has 0 aromatic heterocycles. The second-order valence-electron chi connectivity index (χ2n) is 3.09. The molecule has 7 nitrogen and oxygen atoms in total. The number of hydrogen-bond donors (Lipinski definition) is 1. The van der Waals surface area contributed by atoms with E-state index >= 15 is 0 Å². The third-order valence-electron chi connectivity index (χ3n) is 1.64. The molecule has 1 rings (SSSR count). The number of likely N-dealkylation sites (N-methyl/N-ethyl adjacent to an activating group) is 1. The molecule has 1 aliphatic rings. The SMILES string of the molecule is CN(C)C1C=CC(=[N+]=[N-])C=C1.[O-][Cl+3]([O-])([O-])O. The maximum absolute atomic E-state index is 8.60. The molecule has 0 atom stereocenters. The van der Waals surface area contributed by atoms with Crippen LogP contribution in [0.3, 0.4) is 0 Å². The average Bonchev–Trinajstić information content (AvgIpc) is 2.15. The van der Waals surface area contributed by atoms with Gasteiger partial charge in [-0.25, -0.2) is 0 Å². The molecule has 8 heteroatoms. The van der Waals surface area contributed by atoms with Gasteiger partial charge in [-0.05, 0) is 14.1 Å². The van der Waals surface area contributed by atoms with Gasteiger partial charge >= 0.3 is 5.71 Å². The van der Waals surface area contributed by atoms with Crippen molar-refractivity contribution in [3.63, 3.8) is 0 Å². The van der Waals surface area contributed by atoms with Gasteiger partial charge in [0.15, 0.2) is 0 Å². The van der Waals surface area contributed by atoms with Gasteiger partial charge in [0.2, 0.25) is 0 Å². The molecule has 0 aliphatic heterocycles. The minimum absolute atomic E-state index is 0.320. The van der Waals surface area contributed by atoms with Crippen LogP contribution >= 0.6 is 0 Å². The molecule has 0 bridgehead atoms. The van der Waals surface area contributed by atoms with Crippen LogP contribution < -0.4 is 14.0 Å². The van der Waals surface area contributed by atoms with E-state index in [1.807, 2.05) is 26.2 Å². The molecule has 0 saturated heterocycles. The van der Waals surface area contributed by atoms with E-state index in [1.165, 1.54) is 0 Å². The molecule has 0 amide bonds. The van der Waals surface area contributed by atoms with Gasteiger partial charge in [-0.15, -0.1) is 0 Å². The molecule has 0 saturated carbocycles. The second-order valence-corrected chi connectivity index (χ2v) is 3.89.